The molecule has 0 aliphatic carbocycles. The lowest BCUT2D eigenvalue weighted by Crippen LogP contribution is -2.08. The lowest BCUT2D eigenvalue weighted by atomic mass is 9.99. The Morgan fingerprint density at radius 2 is 1.11 bits per heavy atom. The SMILES string of the molecule is CCCc1c(C(=O)OCC)[nH]c(-c2[nH]c(C(=O)OCC)c(CCC)c2C#CCCO)c1C#CCCO. The van der Waals surface area contributed by atoms with Crippen molar-refractivity contribution in [3.8, 4) is 35.1 Å². The van der Waals surface area contributed by atoms with Crippen molar-refractivity contribution in [2.75, 3.05) is 26.4 Å². The maximum Gasteiger partial charge on any atom is 0.355 e. The number of ether oxygens (including phenoxy) is 2. The normalized spacial score (nSPS) is 10.3. The van der Waals surface area contributed by atoms with E-state index in [2.05, 4.69) is 33.6 Å². The van der Waals surface area contributed by atoms with Crippen molar-refractivity contribution in [2.24, 2.45) is 0 Å². The van der Waals surface area contributed by atoms with E-state index in [1.54, 1.807) is 13.8 Å². The Morgan fingerprint density at radius 1 is 0.722 bits per heavy atom. The zero-order chi connectivity index (χ0) is 26.5. The van der Waals surface area contributed by atoms with Gasteiger partial charge in [0.05, 0.1) is 48.9 Å². The second kappa shape index (κ2) is 14.8. The minimum Gasteiger partial charge on any atom is -0.461 e. The molecule has 0 aliphatic rings. The first-order chi connectivity index (χ1) is 17.5. The molecule has 0 saturated heterocycles. The van der Waals surface area contributed by atoms with Gasteiger partial charge in [0.1, 0.15) is 11.4 Å². The molecule has 0 unspecified atom stereocenters. The Hall–Kier alpha value is -3.46. The van der Waals surface area contributed by atoms with Crippen LogP contribution < -0.4 is 0 Å². The third-order valence-electron chi connectivity index (χ3n) is 5.32. The van der Waals surface area contributed by atoms with Crippen LogP contribution in [-0.4, -0.2) is 58.5 Å². The molecule has 36 heavy (non-hydrogen) atoms. The largest absolute Gasteiger partial charge is 0.461 e. The Morgan fingerprint density at radius 3 is 1.42 bits per heavy atom. The fourth-order valence-corrected chi connectivity index (χ4v) is 3.90. The summed E-state index contributed by atoms with van der Waals surface area (Å²) in [7, 11) is 0. The summed E-state index contributed by atoms with van der Waals surface area (Å²) in [5.41, 5.74) is 4.28. The molecular weight excluding hydrogens is 460 g/mol. The zero-order valence-corrected chi connectivity index (χ0v) is 21.6. The summed E-state index contributed by atoms with van der Waals surface area (Å²) < 4.78 is 10.6. The molecule has 0 amide bonds. The van der Waals surface area contributed by atoms with Gasteiger partial charge in [-0.25, -0.2) is 9.59 Å². The van der Waals surface area contributed by atoms with Crippen molar-refractivity contribution in [1.82, 2.24) is 9.97 Å². The van der Waals surface area contributed by atoms with Crippen LogP contribution in [0.4, 0.5) is 0 Å². The number of hydrogen-bond donors (Lipinski definition) is 4. The van der Waals surface area contributed by atoms with Crippen LogP contribution in [0.25, 0.3) is 11.4 Å². The molecule has 0 saturated carbocycles. The maximum atomic E-state index is 12.8. The lowest BCUT2D eigenvalue weighted by molar-refractivity contribution is 0.0509. The number of H-pyrrole nitrogens is 2. The Bertz CT molecular complexity index is 1070. The molecule has 0 spiro atoms. The van der Waals surface area contributed by atoms with Gasteiger partial charge in [0, 0.05) is 24.0 Å². The van der Waals surface area contributed by atoms with Gasteiger partial charge < -0.3 is 29.7 Å². The number of esters is 2. The van der Waals surface area contributed by atoms with Crippen LogP contribution in [0.3, 0.4) is 0 Å². The number of rotatable bonds is 11. The van der Waals surface area contributed by atoms with E-state index in [4.69, 9.17) is 9.47 Å². The van der Waals surface area contributed by atoms with Gasteiger partial charge in [-0.05, 0) is 26.7 Å². The molecule has 0 aliphatic heterocycles. The Labute approximate surface area is 212 Å². The first kappa shape index (κ1) is 28.8. The molecule has 0 bridgehead atoms. The van der Waals surface area contributed by atoms with Gasteiger partial charge in [0.2, 0.25) is 0 Å². The first-order valence-corrected chi connectivity index (χ1v) is 12.5. The highest BCUT2D eigenvalue weighted by Gasteiger charge is 2.28. The van der Waals surface area contributed by atoms with Gasteiger partial charge in [-0.3, -0.25) is 0 Å². The third kappa shape index (κ3) is 6.81. The molecule has 8 nitrogen and oxygen atoms in total. The van der Waals surface area contributed by atoms with Crippen molar-refractivity contribution in [1.29, 1.82) is 0 Å². The predicted molar refractivity (Wildman–Crippen MR) is 138 cm³/mol. The summed E-state index contributed by atoms with van der Waals surface area (Å²) in [6, 6.07) is 0. The van der Waals surface area contributed by atoms with Crippen LogP contribution in [0.2, 0.25) is 0 Å². The fourth-order valence-electron chi connectivity index (χ4n) is 3.90. The molecule has 2 heterocycles. The van der Waals surface area contributed by atoms with Crippen LogP contribution in [-0.2, 0) is 22.3 Å². The highest BCUT2D eigenvalue weighted by atomic mass is 16.5. The van der Waals surface area contributed by atoms with Gasteiger partial charge in [0.15, 0.2) is 0 Å². The molecule has 0 atom stereocenters. The standard InChI is InChI=1S/C28H36N2O6/c1-5-13-19-21(15-9-11-17-31)23(29-25(19)27(33)35-7-3)24-22(16-10-12-18-32)20(14-6-2)26(30-24)28(34)36-8-4/h29-32H,5-8,11-14,17-18H2,1-4H3. The highest BCUT2D eigenvalue weighted by molar-refractivity contribution is 5.95. The van der Waals surface area contributed by atoms with E-state index in [0.717, 1.165) is 24.0 Å². The van der Waals surface area contributed by atoms with E-state index in [9.17, 15) is 19.8 Å². The van der Waals surface area contributed by atoms with E-state index < -0.39 is 11.9 Å². The molecule has 8 heteroatoms. The van der Waals surface area contributed by atoms with Crippen LogP contribution in [0.1, 0.15) is 96.6 Å². The lowest BCUT2D eigenvalue weighted by Gasteiger charge is -2.03. The van der Waals surface area contributed by atoms with E-state index in [0.29, 0.717) is 46.7 Å². The molecule has 4 N–H and O–H groups in total. The Kier molecular flexibility index (Phi) is 11.9. The molecule has 2 aromatic rings. The summed E-state index contributed by atoms with van der Waals surface area (Å²) in [6.07, 6.45) is 3.23. The topological polar surface area (TPSA) is 125 Å². The van der Waals surface area contributed by atoms with E-state index in [1.807, 2.05) is 13.8 Å². The van der Waals surface area contributed by atoms with Crippen molar-refractivity contribution < 1.29 is 29.3 Å². The number of aromatic nitrogens is 2. The fraction of sp³-hybridized carbons (Fsp3) is 0.500. The summed E-state index contributed by atoms with van der Waals surface area (Å²) in [5, 5.41) is 18.5. The molecular formula is C28H36N2O6. The van der Waals surface area contributed by atoms with E-state index in [1.165, 1.54) is 0 Å². The monoisotopic (exact) mass is 496 g/mol. The van der Waals surface area contributed by atoms with Crippen LogP contribution in [0.5, 0.6) is 0 Å². The van der Waals surface area contributed by atoms with Gasteiger partial charge >= 0.3 is 11.9 Å². The van der Waals surface area contributed by atoms with Gasteiger partial charge in [-0.15, -0.1) is 0 Å². The van der Waals surface area contributed by atoms with Crippen molar-refractivity contribution in [3.05, 3.63) is 33.6 Å². The average Bonchev–Trinajstić information content (AvgIpc) is 3.39. The smallest absolute Gasteiger partial charge is 0.355 e. The van der Waals surface area contributed by atoms with Crippen LogP contribution in [0.15, 0.2) is 0 Å². The number of hydrogen-bond acceptors (Lipinski definition) is 6. The molecule has 0 aromatic carbocycles. The average molecular weight is 497 g/mol. The maximum absolute atomic E-state index is 12.8. The number of carbonyl (C=O) groups excluding carboxylic acids is 2. The second-order valence-electron chi connectivity index (χ2n) is 7.95. The number of carbonyl (C=O) groups is 2. The number of aliphatic hydroxyl groups excluding tert-OH is 2. The summed E-state index contributed by atoms with van der Waals surface area (Å²) >= 11 is 0. The third-order valence-corrected chi connectivity index (χ3v) is 5.32. The molecule has 2 aromatic heterocycles. The van der Waals surface area contributed by atoms with Crippen molar-refractivity contribution >= 4 is 11.9 Å². The summed E-state index contributed by atoms with van der Waals surface area (Å²) in [5.74, 6) is 11.2. The summed E-state index contributed by atoms with van der Waals surface area (Å²) in [6.45, 7) is 7.76. The van der Waals surface area contributed by atoms with Crippen LogP contribution in [0, 0.1) is 23.7 Å². The second-order valence-corrected chi connectivity index (χ2v) is 7.95. The minimum absolute atomic E-state index is 0.0886. The number of nitrogens with one attached hydrogen (secondary N) is 2. The van der Waals surface area contributed by atoms with Gasteiger partial charge in [-0.1, -0.05) is 50.4 Å². The molecule has 0 fully saturated rings. The molecule has 0 radical (unpaired) electrons. The van der Waals surface area contributed by atoms with Crippen molar-refractivity contribution in [2.45, 2.75) is 66.2 Å². The zero-order valence-electron chi connectivity index (χ0n) is 21.6. The van der Waals surface area contributed by atoms with Crippen LogP contribution >= 0.6 is 0 Å². The van der Waals surface area contributed by atoms with Crippen molar-refractivity contribution in [3.63, 3.8) is 0 Å². The molecule has 194 valence electrons. The minimum atomic E-state index is -0.490. The van der Waals surface area contributed by atoms with Gasteiger partial charge in [0.25, 0.3) is 0 Å². The predicted octanol–water partition coefficient (Wildman–Crippen LogP) is 3.74. The highest BCUT2D eigenvalue weighted by Crippen LogP contribution is 2.34. The van der Waals surface area contributed by atoms with E-state index in [-0.39, 0.29) is 39.3 Å². The number of aliphatic hydroxyl groups is 2. The summed E-state index contributed by atoms with van der Waals surface area (Å²) in [4.78, 5) is 32.1. The first-order valence-electron chi connectivity index (χ1n) is 12.5. The Balaban J connectivity index is 2.94. The quantitative estimate of drug-likeness (QED) is 0.278. The number of aromatic amines is 2. The van der Waals surface area contributed by atoms with E-state index >= 15 is 0 Å². The molecule has 2 rings (SSSR count). The van der Waals surface area contributed by atoms with Gasteiger partial charge in [-0.2, -0.15) is 0 Å².